The summed E-state index contributed by atoms with van der Waals surface area (Å²) in [6, 6.07) is 0. The van der Waals surface area contributed by atoms with Crippen molar-refractivity contribution in [3.8, 4) is 0 Å². The average molecular weight is 328 g/mol. The van der Waals surface area contributed by atoms with Gasteiger partial charge in [-0.1, -0.05) is 60.3 Å². The highest BCUT2D eigenvalue weighted by Gasteiger charge is 2.45. The molecule has 4 nitrogen and oxygen atoms in total. The first-order valence-electron chi connectivity index (χ1n) is 9.29. The number of hydrogen-bond acceptors (Lipinski definition) is 4. The molecule has 0 atom stereocenters. The first kappa shape index (κ1) is 21.9. The minimum atomic E-state index is -1.14. The van der Waals surface area contributed by atoms with Gasteiger partial charge in [0.25, 0.3) is 0 Å². The molecule has 0 aliphatic heterocycles. The Bertz CT molecular complexity index is 332. The van der Waals surface area contributed by atoms with Crippen molar-refractivity contribution in [2.24, 2.45) is 11.3 Å². The van der Waals surface area contributed by atoms with Crippen LogP contribution in [0.3, 0.4) is 0 Å². The molecule has 0 amide bonds. The summed E-state index contributed by atoms with van der Waals surface area (Å²) in [6.45, 7) is 10.8. The maximum Gasteiger partial charge on any atom is 0.323 e. The maximum atomic E-state index is 12.4. The molecule has 23 heavy (non-hydrogen) atoms. The fourth-order valence-corrected chi connectivity index (χ4v) is 2.44. The van der Waals surface area contributed by atoms with Gasteiger partial charge < -0.3 is 9.47 Å². The van der Waals surface area contributed by atoms with E-state index in [0.29, 0.717) is 32.0 Å². The van der Waals surface area contributed by atoms with Gasteiger partial charge in [-0.25, -0.2) is 0 Å². The first-order chi connectivity index (χ1) is 10.9. The summed E-state index contributed by atoms with van der Waals surface area (Å²) in [5.41, 5.74) is -1.14. The second-order valence-electron chi connectivity index (χ2n) is 6.66. The van der Waals surface area contributed by atoms with Gasteiger partial charge in [0.2, 0.25) is 0 Å². The van der Waals surface area contributed by atoms with Crippen molar-refractivity contribution in [3.05, 3.63) is 0 Å². The Hall–Kier alpha value is -1.06. The number of rotatable bonds is 13. The molecule has 0 saturated carbocycles. The van der Waals surface area contributed by atoms with E-state index >= 15 is 0 Å². The van der Waals surface area contributed by atoms with E-state index in [1.54, 1.807) is 0 Å². The largest absolute Gasteiger partial charge is 0.465 e. The molecule has 0 bridgehead atoms. The third-order valence-electron chi connectivity index (χ3n) is 4.40. The second kappa shape index (κ2) is 12.4. The zero-order valence-electron chi connectivity index (χ0n) is 15.8. The maximum absolute atomic E-state index is 12.4. The van der Waals surface area contributed by atoms with E-state index < -0.39 is 17.4 Å². The zero-order valence-corrected chi connectivity index (χ0v) is 15.8. The molecular weight excluding hydrogens is 292 g/mol. The van der Waals surface area contributed by atoms with Gasteiger partial charge in [-0.2, -0.15) is 0 Å². The van der Waals surface area contributed by atoms with Gasteiger partial charge in [0.15, 0.2) is 5.41 Å². The summed E-state index contributed by atoms with van der Waals surface area (Å²) in [4.78, 5) is 24.8. The predicted molar refractivity (Wildman–Crippen MR) is 93.1 cm³/mol. The molecule has 0 fully saturated rings. The Morgan fingerprint density at radius 2 is 1.35 bits per heavy atom. The van der Waals surface area contributed by atoms with Crippen LogP contribution >= 0.6 is 0 Å². The smallest absolute Gasteiger partial charge is 0.323 e. The molecule has 0 aliphatic carbocycles. The van der Waals surface area contributed by atoms with Crippen LogP contribution in [-0.2, 0) is 19.1 Å². The first-order valence-corrected chi connectivity index (χ1v) is 9.29. The number of hydrogen-bond donors (Lipinski definition) is 0. The zero-order chi connectivity index (χ0) is 17.7. The Morgan fingerprint density at radius 1 is 0.826 bits per heavy atom. The van der Waals surface area contributed by atoms with Crippen LogP contribution in [0.1, 0.15) is 86.0 Å². The van der Waals surface area contributed by atoms with Crippen molar-refractivity contribution in [2.75, 3.05) is 13.2 Å². The fraction of sp³-hybridized carbons (Fsp3) is 0.895. The molecule has 0 heterocycles. The number of ether oxygens (including phenoxy) is 2. The molecule has 0 aliphatic rings. The summed E-state index contributed by atoms with van der Waals surface area (Å²) in [5.74, 6) is -0.387. The van der Waals surface area contributed by atoms with Gasteiger partial charge in [-0.3, -0.25) is 9.59 Å². The van der Waals surface area contributed by atoms with E-state index in [9.17, 15) is 9.59 Å². The minimum Gasteiger partial charge on any atom is -0.465 e. The van der Waals surface area contributed by atoms with E-state index in [2.05, 4.69) is 20.8 Å². The van der Waals surface area contributed by atoms with Crippen molar-refractivity contribution >= 4 is 11.9 Å². The van der Waals surface area contributed by atoms with Crippen molar-refractivity contribution in [3.63, 3.8) is 0 Å². The Balaban J connectivity index is 4.42. The second-order valence-corrected chi connectivity index (χ2v) is 6.66. The van der Waals surface area contributed by atoms with Gasteiger partial charge in [-0.05, 0) is 31.6 Å². The molecule has 0 radical (unpaired) electrons. The number of carbonyl (C=O) groups is 2. The monoisotopic (exact) mass is 328 g/mol. The highest BCUT2D eigenvalue weighted by Crippen LogP contribution is 2.30. The Morgan fingerprint density at radius 3 is 1.83 bits per heavy atom. The fourth-order valence-electron chi connectivity index (χ4n) is 2.44. The van der Waals surface area contributed by atoms with Crippen LogP contribution in [0.15, 0.2) is 0 Å². The highest BCUT2D eigenvalue weighted by atomic mass is 16.6. The molecule has 0 aromatic rings. The van der Waals surface area contributed by atoms with Crippen LogP contribution in [0.4, 0.5) is 0 Å². The van der Waals surface area contributed by atoms with Crippen LogP contribution in [0.5, 0.6) is 0 Å². The summed E-state index contributed by atoms with van der Waals surface area (Å²) >= 11 is 0. The van der Waals surface area contributed by atoms with E-state index in [-0.39, 0.29) is 0 Å². The standard InChI is InChI=1S/C19H36O4/c1-6-9-10-11-12-14-22-17(20)19(7-2,8-3)18(21)23-15-13-16(4)5/h16H,6-15H2,1-5H3. The molecule has 0 aromatic carbocycles. The quantitative estimate of drug-likeness (QED) is 0.274. The molecule has 0 rings (SSSR count). The lowest BCUT2D eigenvalue weighted by atomic mass is 9.82. The number of carbonyl (C=O) groups excluding carboxylic acids is 2. The van der Waals surface area contributed by atoms with E-state index in [1.807, 2.05) is 13.8 Å². The van der Waals surface area contributed by atoms with E-state index in [4.69, 9.17) is 9.47 Å². The van der Waals surface area contributed by atoms with Gasteiger partial charge in [0, 0.05) is 0 Å². The highest BCUT2D eigenvalue weighted by molar-refractivity contribution is 5.99. The van der Waals surface area contributed by atoms with E-state index in [0.717, 1.165) is 25.7 Å². The Labute approximate surface area is 142 Å². The third kappa shape index (κ3) is 7.85. The molecule has 4 heteroatoms. The summed E-state index contributed by atoms with van der Waals surface area (Å²) in [7, 11) is 0. The van der Waals surface area contributed by atoms with Gasteiger partial charge >= 0.3 is 11.9 Å². The van der Waals surface area contributed by atoms with E-state index in [1.165, 1.54) is 12.8 Å². The molecular formula is C19H36O4. The van der Waals surface area contributed by atoms with Crippen LogP contribution < -0.4 is 0 Å². The van der Waals surface area contributed by atoms with Crippen molar-refractivity contribution in [1.29, 1.82) is 0 Å². The Kier molecular flexibility index (Phi) is 11.8. The molecule has 0 saturated heterocycles. The lowest BCUT2D eigenvalue weighted by Gasteiger charge is -2.27. The van der Waals surface area contributed by atoms with Gasteiger partial charge in [0.05, 0.1) is 13.2 Å². The lowest BCUT2D eigenvalue weighted by Crippen LogP contribution is -2.41. The van der Waals surface area contributed by atoms with Gasteiger partial charge in [-0.15, -0.1) is 0 Å². The number of esters is 2. The molecule has 136 valence electrons. The average Bonchev–Trinajstić information content (AvgIpc) is 2.52. The topological polar surface area (TPSA) is 52.6 Å². The van der Waals surface area contributed by atoms with Crippen LogP contribution in [-0.4, -0.2) is 25.2 Å². The predicted octanol–water partition coefficient (Wildman–Crippen LogP) is 4.90. The molecule has 0 aromatic heterocycles. The van der Waals surface area contributed by atoms with Crippen molar-refractivity contribution in [1.82, 2.24) is 0 Å². The normalized spacial score (nSPS) is 11.6. The summed E-state index contributed by atoms with van der Waals surface area (Å²) in [6.07, 6.45) is 7.13. The summed E-state index contributed by atoms with van der Waals surface area (Å²) in [5, 5.41) is 0. The molecule has 0 spiro atoms. The number of unbranched alkanes of at least 4 members (excludes halogenated alkanes) is 4. The minimum absolute atomic E-state index is 0.364. The van der Waals surface area contributed by atoms with Gasteiger partial charge in [0.1, 0.15) is 0 Å². The van der Waals surface area contributed by atoms with Crippen LogP contribution in [0.2, 0.25) is 0 Å². The molecule has 0 unspecified atom stereocenters. The lowest BCUT2D eigenvalue weighted by molar-refractivity contribution is -0.173. The van der Waals surface area contributed by atoms with Crippen LogP contribution in [0.25, 0.3) is 0 Å². The van der Waals surface area contributed by atoms with Crippen molar-refractivity contribution < 1.29 is 19.1 Å². The SMILES string of the molecule is CCCCCCCOC(=O)C(CC)(CC)C(=O)OCCC(C)C. The van der Waals surface area contributed by atoms with Crippen LogP contribution in [0, 0.1) is 11.3 Å². The third-order valence-corrected chi connectivity index (χ3v) is 4.40. The summed E-state index contributed by atoms with van der Waals surface area (Å²) < 4.78 is 10.7. The molecule has 0 N–H and O–H groups in total. The van der Waals surface area contributed by atoms with Crippen molar-refractivity contribution in [2.45, 2.75) is 86.0 Å².